The highest BCUT2D eigenvalue weighted by atomic mass is 16.5. The number of rotatable bonds is 6. The lowest BCUT2D eigenvalue weighted by Crippen LogP contribution is -2.38. The van der Waals surface area contributed by atoms with Crippen LogP contribution >= 0.6 is 0 Å². The van der Waals surface area contributed by atoms with Crippen LogP contribution in [-0.2, 0) is 4.74 Å². The van der Waals surface area contributed by atoms with Crippen molar-refractivity contribution in [3.8, 4) is 17.0 Å². The lowest BCUT2D eigenvalue weighted by atomic mass is 10.1. The van der Waals surface area contributed by atoms with Crippen LogP contribution < -0.4 is 20.6 Å². The van der Waals surface area contributed by atoms with Gasteiger partial charge in [0, 0.05) is 42.0 Å². The van der Waals surface area contributed by atoms with Crippen LogP contribution in [0.1, 0.15) is 17.3 Å². The van der Waals surface area contributed by atoms with Crippen LogP contribution in [-0.4, -0.2) is 49.2 Å². The number of nitrogens with one attached hydrogen (secondary N) is 1. The van der Waals surface area contributed by atoms with Gasteiger partial charge in [-0.15, -0.1) is 0 Å². The molecule has 1 fully saturated rings. The number of Topliss-reactive ketones (excluding diaryl/α,β-unsaturated/α-hetero) is 1. The van der Waals surface area contributed by atoms with Gasteiger partial charge in [0.05, 0.1) is 31.7 Å². The number of methoxy groups -OCH3 is 1. The van der Waals surface area contributed by atoms with E-state index in [1.165, 1.54) is 6.92 Å². The Labute approximate surface area is 201 Å². The number of ether oxygens (including phenoxy) is 2. The maximum atomic E-state index is 12.8. The normalized spacial score (nSPS) is 13.6. The first kappa shape index (κ1) is 22.5. The molecule has 2 aromatic heterocycles. The summed E-state index contributed by atoms with van der Waals surface area (Å²) in [5, 5.41) is 3.86. The first-order chi connectivity index (χ1) is 17.0. The Morgan fingerprint density at radius 1 is 1.11 bits per heavy atom. The van der Waals surface area contributed by atoms with E-state index in [1.807, 2.05) is 41.3 Å². The van der Waals surface area contributed by atoms with Crippen LogP contribution in [0.15, 0.2) is 63.9 Å². The number of benzene rings is 2. The topological polar surface area (TPSA) is 107 Å². The van der Waals surface area contributed by atoms with Gasteiger partial charge in [-0.05, 0) is 37.3 Å². The molecule has 0 atom stereocenters. The first-order valence-electron chi connectivity index (χ1n) is 11.2. The number of para-hydroxylation sites is 1. The quantitative estimate of drug-likeness (QED) is 0.329. The number of ketones is 1. The number of carbonyl (C=O) groups is 1. The summed E-state index contributed by atoms with van der Waals surface area (Å²) >= 11 is 0. The molecule has 0 bridgehead atoms. The average molecular weight is 473 g/mol. The summed E-state index contributed by atoms with van der Waals surface area (Å²) in [4.78, 5) is 36.0. The van der Waals surface area contributed by atoms with E-state index < -0.39 is 5.63 Å². The van der Waals surface area contributed by atoms with Crippen LogP contribution in [0, 0.1) is 0 Å². The van der Waals surface area contributed by atoms with Crippen molar-refractivity contribution >= 4 is 34.1 Å². The Hall–Kier alpha value is -4.24. The lowest BCUT2D eigenvalue weighted by Gasteiger charge is -2.30. The minimum atomic E-state index is -0.655. The monoisotopic (exact) mass is 472 g/mol. The second kappa shape index (κ2) is 9.55. The fourth-order valence-electron chi connectivity index (χ4n) is 4.24. The average Bonchev–Trinajstić information content (AvgIpc) is 2.88. The molecule has 3 heterocycles. The van der Waals surface area contributed by atoms with Crippen molar-refractivity contribution in [2.24, 2.45) is 0 Å². The molecule has 0 spiro atoms. The number of fused-ring (bicyclic) bond motifs is 1. The molecule has 1 aliphatic rings. The molecule has 0 aliphatic carbocycles. The fourth-order valence-corrected chi connectivity index (χ4v) is 4.24. The molecular formula is C26H24N4O5. The molecule has 5 rings (SSSR count). The molecule has 1 saturated heterocycles. The molecule has 0 saturated carbocycles. The second-order valence-corrected chi connectivity index (χ2v) is 8.07. The molecule has 1 aliphatic heterocycles. The molecule has 178 valence electrons. The van der Waals surface area contributed by atoms with Gasteiger partial charge >= 0.3 is 5.63 Å². The Bertz CT molecular complexity index is 1460. The predicted molar refractivity (Wildman–Crippen MR) is 133 cm³/mol. The largest absolute Gasteiger partial charge is 0.496 e. The fraction of sp³-hybridized carbons (Fsp3) is 0.231. The SMILES string of the molecule is COc1ccccc1-c1ccnc(Nc2ccc3c(N4CCOCC4)c(C(C)=O)c(=O)oc3c2)n1. The third kappa shape index (κ3) is 4.45. The van der Waals surface area contributed by atoms with Crippen molar-refractivity contribution in [3.63, 3.8) is 0 Å². The van der Waals surface area contributed by atoms with E-state index in [-0.39, 0.29) is 11.3 Å². The number of hydrogen-bond acceptors (Lipinski definition) is 9. The third-order valence-corrected chi connectivity index (χ3v) is 5.85. The second-order valence-electron chi connectivity index (χ2n) is 8.07. The van der Waals surface area contributed by atoms with Crippen LogP contribution in [0.3, 0.4) is 0 Å². The van der Waals surface area contributed by atoms with Gasteiger partial charge in [0.2, 0.25) is 5.95 Å². The summed E-state index contributed by atoms with van der Waals surface area (Å²) in [6, 6.07) is 14.8. The van der Waals surface area contributed by atoms with E-state index in [1.54, 1.807) is 25.4 Å². The summed E-state index contributed by atoms with van der Waals surface area (Å²) in [6.07, 6.45) is 1.66. The van der Waals surface area contributed by atoms with E-state index in [0.717, 1.165) is 5.56 Å². The number of anilines is 3. The summed E-state index contributed by atoms with van der Waals surface area (Å²) in [7, 11) is 1.62. The van der Waals surface area contributed by atoms with Crippen molar-refractivity contribution in [3.05, 3.63) is 70.7 Å². The maximum absolute atomic E-state index is 12.8. The predicted octanol–water partition coefficient (Wildman–Crippen LogP) is 4.04. The summed E-state index contributed by atoms with van der Waals surface area (Å²) in [6.45, 7) is 3.60. The van der Waals surface area contributed by atoms with Gasteiger partial charge in [-0.3, -0.25) is 4.79 Å². The Kier molecular flexibility index (Phi) is 6.15. The van der Waals surface area contributed by atoms with Gasteiger partial charge in [0.25, 0.3) is 0 Å². The van der Waals surface area contributed by atoms with Crippen molar-refractivity contribution in [1.82, 2.24) is 9.97 Å². The summed E-state index contributed by atoms with van der Waals surface area (Å²) in [5.41, 5.74) is 2.55. The highest BCUT2D eigenvalue weighted by Gasteiger charge is 2.24. The van der Waals surface area contributed by atoms with Crippen molar-refractivity contribution in [1.29, 1.82) is 0 Å². The zero-order valence-electron chi connectivity index (χ0n) is 19.4. The van der Waals surface area contributed by atoms with Crippen molar-refractivity contribution < 1.29 is 18.7 Å². The van der Waals surface area contributed by atoms with E-state index in [2.05, 4.69) is 15.3 Å². The molecule has 0 unspecified atom stereocenters. The highest BCUT2D eigenvalue weighted by Crippen LogP contribution is 2.33. The molecule has 1 N–H and O–H groups in total. The van der Waals surface area contributed by atoms with Crippen LogP contribution in [0.25, 0.3) is 22.2 Å². The van der Waals surface area contributed by atoms with E-state index >= 15 is 0 Å². The molecule has 0 amide bonds. The third-order valence-electron chi connectivity index (χ3n) is 5.85. The zero-order valence-corrected chi connectivity index (χ0v) is 19.4. The summed E-state index contributed by atoms with van der Waals surface area (Å²) < 4.78 is 16.4. The molecular weight excluding hydrogens is 448 g/mol. The van der Waals surface area contributed by atoms with Gasteiger partial charge < -0.3 is 24.1 Å². The van der Waals surface area contributed by atoms with Gasteiger partial charge in [-0.1, -0.05) is 12.1 Å². The minimum absolute atomic E-state index is 0.0629. The molecule has 4 aromatic rings. The number of hydrogen-bond donors (Lipinski definition) is 1. The standard InChI is InChI=1S/C26H24N4O5/c1-16(31)23-24(30-11-13-34-14-12-30)19-8-7-17(15-22(19)35-25(23)32)28-26-27-10-9-20(29-26)18-5-3-4-6-21(18)33-2/h3-10,15H,11-14H2,1-2H3,(H,27,28,29). The molecule has 0 radical (unpaired) electrons. The zero-order chi connectivity index (χ0) is 24.4. The Morgan fingerprint density at radius 2 is 1.91 bits per heavy atom. The highest BCUT2D eigenvalue weighted by molar-refractivity contribution is 6.07. The van der Waals surface area contributed by atoms with Gasteiger partial charge in [-0.2, -0.15) is 0 Å². The van der Waals surface area contributed by atoms with Crippen LogP contribution in [0.4, 0.5) is 17.3 Å². The molecule has 2 aromatic carbocycles. The molecule has 9 nitrogen and oxygen atoms in total. The van der Waals surface area contributed by atoms with E-state index in [4.69, 9.17) is 13.9 Å². The Morgan fingerprint density at radius 3 is 2.69 bits per heavy atom. The lowest BCUT2D eigenvalue weighted by molar-refractivity contribution is 0.101. The first-order valence-corrected chi connectivity index (χ1v) is 11.2. The van der Waals surface area contributed by atoms with Gasteiger partial charge in [0.1, 0.15) is 16.9 Å². The number of carbonyl (C=O) groups excluding carboxylic acids is 1. The number of aromatic nitrogens is 2. The van der Waals surface area contributed by atoms with E-state index in [9.17, 15) is 9.59 Å². The maximum Gasteiger partial charge on any atom is 0.349 e. The van der Waals surface area contributed by atoms with E-state index in [0.29, 0.717) is 66.0 Å². The smallest absolute Gasteiger partial charge is 0.349 e. The van der Waals surface area contributed by atoms with Crippen molar-refractivity contribution in [2.45, 2.75) is 6.92 Å². The molecule has 35 heavy (non-hydrogen) atoms. The van der Waals surface area contributed by atoms with Crippen molar-refractivity contribution in [2.75, 3.05) is 43.6 Å². The summed E-state index contributed by atoms with van der Waals surface area (Å²) in [5.74, 6) is 0.760. The number of morpholine rings is 1. The van der Waals surface area contributed by atoms with Crippen LogP contribution in [0.5, 0.6) is 5.75 Å². The number of nitrogens with zero attached hydrogens (tertiary/aromatic N) is 3. The minimum Gasteiger partial charge on any atom is -0.496 e. The van der Waals surface area contributed by atoms with Crippen LogP contribution in [0.2, 0.25) is 0 Å². The molecule has 9 heteroatoms. The van der Waals surface area contributed by atoms with Gasteiger partial charge in [0.15, 0.2) is 5.78 Å². The van der Waals surface area contributed by atoms with Gasteiger partial charge in [-0.25, -0.2) is 14.8 Å². The Balaban J connectivity index is 1.53.